The molecule has 0 bridgehead atoms. The van der Waals surface area contributed by atoms with Gasteiger partial charge < -0.3 is 19.5 Å². The van der Waals surface area contributed by atoms with Crippen molar-refractivity contribution in [2.24, 2.45) is 5.92 Å². The minimum Gasteiger partial charge on any atom is -0.493 e. The lowest BCUT2D eigenvalue weighted by Crippen LogP contribution is -2.41. The number of hydrogen-bond donors (Lipinski definition) is 1. The number of ether oxygens (including phenoxy) is 2. The molecule has 1 N–H and O–H groups in total. The van der Waals surface area contributed by atoms with E-state index in [1.54, 1.807) is 43.2 Å². The Balaban J connectivity index is 1.54. The summed E-state index contributed by atoms with van der Waals surface area (Å²) in [4.78, 5) is 15.5. The Morgan fingerprint density at radius 3 is 2.24 bits per heavy atom. The number of nitrogens with zero attached hydrogens (tertiary/aromatic N) is 1. The predicted octanol–water partition coefficient (Wildman–Crippen LogP) is 7.85. The van der Waals surface area contributed by atoms with Gasteiger partial charge in [0.25, 0.3) is 0 Å². The van der Waals surface area contributed by atoms with Crippen LogP contribution in [0.1, 0.15) is 74.8 Å². The molecule has 2 atom stereocenters. The first-order chi connectivity index (χ1) is 19.4. The third-order valence-corrected chi connectivity index (χ3v) is 8.63. The highest BCUT2D eigenvalue weighted by molar-refractivity contribution is 6.30. The van der Waals surface area contributed by atoms with Crippen LogP contribution in [0.5, 0.6) is 11.5 Å². The Morgan fingerprint density at radius 2 is 1.66 bits per heavy atom. The third kappa shape index (κ3) is 5.93. The summed E-state index contributed by atoms with van der Waals surface area (Å²) < 4.78 is 39.2. The van der Waals surface area contributed by atoms with Crippen molar-refractivity contribution < 1.29 is 28.2 Å². The van der Waals surface area contributed by atoms with E-state index in [0.717, 1.165) is 16.7 Å². The Kier molecular flexibility index (Phi) is 8.05. The van der Waals surface area contributed by atoms with Gasteiger partial charge in [-0.25, -0.2) is 8.78 Å². The number of methoxy groups -OCH3 is 1. The molecule has 1 saturated carbocycles. The van der Waals surface area contributed by atoms with Crippen molar-refractivity contribution in [1.82, 2.24) is 0 Å². The molecular formula is C33H36ClF2NO4. The zero-order valence-electron chi connectivity index (χ0n) is 23.8. The number of carbonyl (C=O) groups excluding carboxylic acids is 1. The molecule has 218 valence electrons. The SMILES string of the molecule is COc1cc2c(cc1OC(C)C)C(c1ccc(Cl)cc1)N(c1ccc([C@@](C)(O)C3CCC(F)(F)CC3)cc1)C(=O)C2. The van der Waals surface area contributed by atoms with Gasteiger partial charge in [-0.2, -0.15) is 0 Å². The van der Waals surface area contributed by atoms with Gasteiger partial charge in [-0.3, -0.25) is 4.79 Å². The van der Waals surface area contributed by atoms with Crippen molar-refractivity contribution in [2.75, 3.05) is 12.0 Å². The minimum absolute atomic E-state index is 0.0759. The maximum Gasteiger partial charge on any atom is 0.248 e. The third-order valence-electron chi connectivity index (χ3n) is 8.38. The van der Waals surface area contributed by atoms with Crippen LogP contribution in [0, 0.1) is 5.92 Å². The summed E-state index contributed by atoms with van der Waals surface area (Å²) in [6.07, 6.45) is 0.173. The normalized spacial score (nSPS) is 20.5. The fourth-order valence-corrected chi connectivity index (χ4v) is 6.25. The van der Waals surface area contributed by atoms with E-state index < -0.39 is 17.6 Å². The van der Waals surface area contributed by atoms with Gasteiger partial charge >= 0.3 is 0 Å². The van der Waals surface area contributed by atoms with E-state index in [0.29, 0.717) is 27.8 Å². The molecule has 0 radical (unpaired) electrons. The van der Waals surface area contributed by atoms with Gasteiger partial charge in [0.1, 0.15) is 0 Å². The summed E-state index contributed by atoms with van der Waals surface area (Å²) in [5, 5.41) is 12.0. The Bertz CT molecular complexity index is 1400. The Morgan fingerprint density at radius 1 is 1.02 bits per heavy atom. The van der Waals surface area contributed by atoms with E-state index in [1.165, 1.54) is 0 Å². The molecule has 3 aromatic rings. The maximum absolute atomic E-state index is 13.8. The fourth-order valence-electron chi connectivity index (χ4n) is 6.13. The molecule has 1 fully saturated rings. The van der Waals surface area contributed by atoms with E-state index in [-0.39, 0.29) is 50.0 Å². The molecular weight excluding hydrogens is 548 g/mol. The monoisotopic (exact) mass is 583 g/mol. The van der Waals surface area contributed by atoms with Crippen LogP contribution in [0.4, 0.5) is 14.5 Å². The summed E-state index contributed by atoms with van der Waals surface area (Å²) in [5.74, 6) is -1.86. The molecule has 3 aromatic carbocycles. The second-order valence-electron chi connectivity index (χ2n) is 11.6. The standard InChI is InChI=1S/C33H36ClF2NO4/c1-20(2)41-29-19-27-22(17-28(29)40-4)18-30(38)37(31(27)21-5-9-25(34)10-6-21)26-11-7-23(8-12-26)32(3,39)24-13-15-33(35,36)16-14-24/h5-12,17,19-20,24,31,39H,13-16,18H2,1-4H3/t31?,32-/m1/s1. The van der Waals surface area contributed by atoms with Gasteiger partial charge in [-0.1, -0.05) is 35.9 Å². The second kappa shape index (κ2) is 11.3. The zero-order valence-corrected chi connectivity index (χ0v) is 24.6. The number of anilines is 1. The van der Waals surface area contributed by atoms with Crippen LogP contribution in [0.25, 0.3) is 0 Å². The van der Waals surface area contributed by atoms with E-state index in [4.69, 9.17) is 21.1 Å². The molecule has 1 amide bonds. The van der Waals surface area contributed by atoms with Crippen molar-refractivity contribution >= 4 is 23.2 Å². The first-order valence-electron chi connectivity index (χ1n) is 14.1. The lowest BCUT2D eigenvalue weighted by molar-refractivity contribution is -0.118. The highest BCUT2D eigenvalue weighted by Gasteiger charge is 2.43. The molecule has 8 heteroatoms. The fraction of sp³-hybridized carbons (Fsp3) is 0.424. The molecule has 5 nitrogen and oxygen atoms in total. The predicted molar refractivity (Wildman–Crippen MR) is 156 cm³/mol. The van der Waals surface area contributed by atoms with Crippen molar-refractivity contribution in [3.05, 3.63) is 87.9 Å². The Hall–Kier alpha value is -3.16. The topological polar surface area (TPSA) is 59.0 Å². The highest BCUT2D eigenvalue weighted by atomic mass is 35.5. The van der Waals surface area contributed by atoms with Crippen molar-refractivity contribution in [3.63, 3.8) is 0 Å². The lowest BCUT2D eigenvalue weighted by atomic mass is 9.73. The lowest BCUT2D eigenvalue weighted by Gasteiger charge is -2.40. The van der Waals surface area contributed by atoms with Gasteiger partial charge in [-0.05, 0) is 98.2 Å². The number of rotatable bonds is 7. The molecule has 0 aromatic heterocycles. The number of alkyl halides is 2. The quantitative estimate of drug-likeness (QED) is 0.308. The van der Waals surface area contributed by atoms with E-state index in [2.05, 4.69) is 0 Å². The van der Waals surface area contributed by atoms with E-state index >= 15 is 0 Å². The first-order valence-corrected chi connectivity index (χ1v) is 14.4. The molecule has 5 rings (SSSR count). The molecule has 1 unspecified atom stereocenters. The number of aliphatic hydroxyl groups is 1. The summed E-state index contributed by atoms with van der Waals surface area (Å²) in [7, 11) is 1.58. The van der Waals surface area contributed by atoms with Crippen LogP contribution < -0.4 is 14.4 Å². The van der Waals surface area contributed by atoms with Crippen molar-refractivity contribution in [2.45, 2.75) is 76.5 Å². The van der Waals surface area contributed by atoms with E-state index in [1.807, 2.05) is 50.2 Å². The second-order valence-corrected chi connectivity index (χ2v) is 12.0. The number of hydrogen-bond acceptors (Lipinski definition) is 4. The van der Waals surface area contributed by atoms with Crippen LogP contribution in [-0.4, -0.2) is 30.2 Å². The molecule has 2 aliphatic rings. The summed E-state index contributed by atoms with van der Waals surface area (Å²) in [6.45, 7) is 5.58. The van der Waals surface area contributed by atoms with Crippen molar-refractivity contribution in [1.29, 1.82) is 0 Å². The van der Waals surface area contributed by atoms with Gasteiger partial charge in [0, 0.05) is 23.6 Å². The van der Waals surface area contributed by atoms with Crippen molar-refractivity contribution in [3.8, 4) is 11.5 Å². The van der Waals surface area contributed by atoms with Crippen LogP contribution in [0.2, 0.25) is 5.02 Å². The number of carbonyl (C=O) groups is 1. The first kappa shape index (κ1) is 29.3. The Labute approximate surface area is 245 Å². The average molecular weight is 584 g/mol. The van der Waals surface area contributed by atoms with Crippen LogP contribution in [-0.2, 0) is 16.8 Å². The maximum atomic E-state index is 13.8. The summed E-state index contributed by atoms with van der Waals surface area (Å²) >= 11 is 6.21. The minimum atomic E-state index is -2.66. The van der Waals surface area contributed by atoms with Gasteiger partial charge in [0.15, 0.2) is 11.5 Å². The summed E-state index contributed by atoms with van der Waals surface area (Å²) in [6, 6.07) is 18.0. The molecule has 0 spiro atoms. The highest BCUT2D eigenvalue weighted by Crippen LogP contribution is 2.46. The van der Waals surface area contributed by atoms with Crippen LogP contribution in [0.3, 0.4) is 0 Å². The average Bonchev–Trinajstić information content (AvgIpc) is 2.92. The van der Waals surface area contributed by atoms with Gasteiger partial charge in [-0.15, -0.1) is 0 Å². The number of amides is 1. The van der Waals surface area contributed by atoms with Crippen LogP contribution >= 0.6 is 11.6 Å². The van der Waals surface area contributed by atoms with Gasteiger partial charge in [0.05, 0.1) is 31.3 Å². The smallest absolute Gasteiger partial charge is 0.248 e. The number of halogens is 3. The largest absolute Gasteiger partial charge is 0.493 e. The molecule has 1 aliphatic carbocycles. The zero-order chi connectivity index (χ0) is 29.5. The van der Waals surface area contributed by atoms with Crippen LogP contribution in [0.15, 0.2) is 60.7 Å². The molecule has 0 saturated heterocycles. The number of fused-ring (bicyclic) bond motifs is 1. The number of benzene rings is 3. The van der Waals surface area contributed by atoms with E-state index in [9.17, 15) is 18.7 Å². The van der Waals surface area contributed by atoms with Gasteiger partial charge in [0.2, 0.25) is 11.8 Å². The molecule has 1 heterocycles. The summed E-state index contributed by atoms with van der Waals surface area (Å²) in [5.41, 5.74) is 2.70. The molecule has 1 aliphatic heterocycles. The molecule has 41 heavy (non-hydrogen) atoms.